The molecule has 0 amide bonds. The molecule has 0 aliphatic rings. The third-order valence-electron chi connectivity index (χ3n) is 3.52. The summed E-state index contributed by atoms with van der Waals surface area (Å²) in [6.07, 6.45) is 4.98. The van der Waals surface area contributed by atoms with Gasteiger partial charge < -0.3 is 5.32 Å². The fourth-order valence-electron chi connectivity index (χ4n) is 2.54. The average molecular weight is 272 g/mol. The topological polar surface area (TPSA) is 42.7 Å². The van der Waals surface area contributed by atoms with Crippen LogP contribution in [0.15, 0.2) is 30.5 Å². The summed E-state index contributed by atoms with van der Waals surface area (Å²) in [6.45, 7) is 5.19. The second-order valence-electron chi connectivity index (χ2n) is 5.22. The zero-order chi connectivity index (χ0) is 14.4. The van der Waals surface area contributed by atoms with Gasteiger partial charge in [-0.3, -0.25) is 9.67 Å². The summed E-state index contributed by atoms with van der Waals surface area (Å²) < 4.78 is 1.99. The molecule has 1 N–H and O–H groups in total. The van der Waals surface area contributed by atoms with Gasteiger partial charge in [-0.15, -0.1) is 0 Å². The number of hydrogen-bond donors (Lipinski definition) is 1. The zero-order valence-electron chi connectivity index (χ0n) is 12.6. The number of nitrogens with one attached hydrogen (secondary N) is 1. The quantitative estimate of drug-likeness (QED) is 0.841. The number of hydrogen-bond acceptors (Lipinski definition) is 3. The molecule has 0 radical (unpaired) electrons. The van der Waals surface area contributed by atoms with Crippen molar-refractivity contribution in [2.45, 2.75) is 39.2 Å². The Bertz CT molecular complexity index is 519. The van der Waals surface area contributed by atoms with E-state index in [4.69, 9.17) is 0 Å². The minimum atomic E-state index is 0.469. The third-order valence-corrected chi connectivity index (χ3v) is 3.52. The Morgan fingerprint density at radius 2 is 2.20 bits per heavy atom. The SMILES string of the molecule is CCNC(CCc1ccccn1)Cc1cc(C)nn1C. The molecule has 0 spiro atoms. The predicted molar refractivity (Wildman–Crippen MR) is 81.7 cm³/mol. The van der Waals surface area contributed by atoms with Crippen molar-refractivity contribution in [3.05, 3.63) is 47.5 Å². The first-order valence-corrected chi connectivity index (χ1v) is 7.32. The molecule has 20 heavy (non-hydrogen) atoms. The molecular weight excluding hydrogens is 248 g/mol. The Balaban J connectivity index is 1.95. The Hall–Kier alpha value is -1.68. The minimum absolute atomic E-state index is 0.469. The van der Waals surface area contributed by atoms with Crippen molar-refractivity contribution in [1.29, 1.82) is 0 Å². The number of aromatic nitrogens is 3. The van der Waals surface area contributed by atoms with Crippen molar-refractivity contribution in [3.8, 4) is 0 Å². The van der Waals surface area contributed by atoms with Crippen LogP contribution in [0.4, 0.5) is 0 Å². The van der Waals surface area contributed by atoms with Gasteiger partial charge in [-0.2, -0.15) is 5.10 Å². The number of rotatable bonds is 7. The highest BCUT2D eigenvalue weighted by Gasteiger charge is 2.12. The van der Waals surface area contributed by atoms with Crippen LogP contribution in [-0.2, 0) is 19.9 Å². The predicted octanol–water partition coefficient (Wildman–Crippen LogP) is 2.28. The summed E-state index contributed by atoms with van der Waals surface area (Å²) in [5.74, 6) is 0. The van der Waals surface area contributed by atoms with Crippen molar-refractivity contribution in [1.82, 2.24) is 20.1 Å². The highest BCUT2D eigenvalue weighted by atomic mass is 15.3. The van der Waals surface area contributed by atoms with E-state index >= 15 is 0 Å². The summed E-state index contributed by atoms with van der Waals surface area (Å²) >= 11 is 0. The Morgan fingerprint density at radius 3 is 2.80 bits per heavy atom. The lowest BCUT2D eigenvalue weighted by molar-refractivity contribution is 0.475. The van der Waals surface area contributed by atoms with E-state index in [1.165, 1.54) is 5.69 Å². The molecule has 2 heterocycles. The van der Waals surface area contributed by atoms with E-state index in [9.17, 15) is 0 Å². The molecule has 2 rings (SSSR count). The molecule has 0 aliphatic heterocycles. The molecule has 0 fully saturated rings. The maximum absolute atomic E-state index is 4.42. The van der Waals surface area contributed by atoms with Gasteiger partial charge in [-0.25, -0.2) is 0 Å². The maximum atomic E-state index is 4.42. The summed E-state index contributed by atoms with van der Waals surface area (Å²) in [7, 11) is 2.02. The number of aryl methyl sites for hydroxylation is 3. The maximum Gasteiger partial charge on any atom is 0.0596 e. The van der Waals surface area contributed by atoms with Gasteiger partial charge in [0.05, 0.1) is 5.69 Å². The molecule has 0 saturated carbocycles. The monoisotopic (exact) mass is 272 g/mol. The normalized spacial score (nSPS) is 12.6. The number of pyridine rings is 1. The molecule has 0 aromatic carbocycles. The van der Waals surface area contributed by atoms with Crippen molar-refractivity contribution in [2.24, 2.45) is 7.05 Å². The van der Waals surface area contributed by atoms with E-state index in [1.807, 2.05) is 30.9 Å². The van der Waals surface area contributed by atoms with Crippen LogP contribution in [0.2, 0.25) is 0 Å². The van der Waals surface area contributed by atoms with Crippen LogP contribution < -0.4 is 5.32 Å². The van der Waals surface area contributed by atoms with E-state index in [1.54, 1.807) is 0 Å². The van der Waals surface area contributed by atoms with E-state index in [0.29, 0.717) is 6.04 Å². The molecule has 108 valence electrons. The van der Waals surface area contributed by atoms with Gasteiger partial charge in [0.15, 0.2) is 0 Å². The van der Waals surface area contributed by atoms with Gasteiger partial charge in [0, 0.05) is 37.1 Å². The smallest absolute Gasteiger partial charge is 0.0596 e. The van der Waals surface area contributed by atoms with Crippen LogP contribution in [0.5, 0.6) is 0 Å². The van der Waals surface area contributed by atoms with Crippen LogP contribution >= 0.6 is 0 Å². The lowest BCUT2D eigenvalue weighted by Crippen LogP contribution is -2.32. The number of nitrogens with zero attached hydrogens (tertiary/aromatic N) is 3. The second-order valence-corrected chi connectivity index (χ2v) is 5.22. The fraction of sp³-hybridized carbons (Fsp3) is 0.500. The lowest BCUT2D eigenvalue weighted by atomic mass is 10.0. The first-order chi connectivity index (χ1) is 9.69. The first kappa shape index (κ1) is 14.7. The van der Waals surface area contributed by atoms with Crippen LogP contribution in [0, 0.1) is 6.92 Å². The fourth-order valence-corrected chi connectivity index (χ4v) is 2.54. The van der Waals surface area contributed by atoms with Crippen molar-refractivity contribution in [2.75, 3.05) is 6.54 Å². The van der Waals surface area contributed by atoms with E-state index < -0.39 is 0 Å². The summed E-state index contributed by atoms with van der Waals surface area (Å²) in [4.78, 5) is 4.39. The molecule has 0 saturated heterocycles. The van der Waals surface area contributed by atoms with Crippen LogP contribution in [0.1, 0.15) is 30.4 Å². The first-order valence-electron chi connectivity index (χ1n) is 7.32. The van der Waals surface area contributed by atoms with E-state index in [0.717, 1.165) is 37.2 Å². The lowest BCUT2D eigenvalue weighted by Gasteiger charge is -2.17. The Morgan fingerprint density at radius 1 is 1.35 bits per heavy atom. The molecule has 2 aromatic heterocycles. The van der Waals surface area contributed by atoms with Crippen molar-refractivity contribution >= 4 is 0 Å². The second kappa shape index (κ2) is 7.20. The number of likely N-dealkylation sites (N-methyl/N-ethyl adjacent to an activating group) is 1. The summed E-state index contributed by atoms with van der Waals surface area (Å²) in [6, 6.07) is 8.75. The largest absolute Gasteiger partial charge is 0.314 e. The van der Waals surface area contributed by atoms with Gasteiger partial charge >= 0.3 is 0 Å². The average Bonchev–Trinajstić information content (AvgIpc) is 2.76. The summed E-state index contributed by atoms with van der Waals surface area (Å²) in [5, 5.41) is 7.99. The Labute approximate surface area is 121 Å². The van der Waals surface area contributed by atoms with E-state index in [-0.39, 0.29) is 0 Å². The molecule has 4 heteroatoms. The highest BCUT2D eigenvalue weighted by Crippen LogP contribution is 2.10. The van der Waals surface area contributed by atoms with Crippen LogP contribution in [0.3, 0.4) is 0 Å². The summed E-state index contributed by atoms with van der Waals surface area (Å²) in [5.41, 5.74) is 3.54. The van der Waals surface area contributed by atoms with Gasteiger partial charge in [0.25, 0.3) is 0 Å². The molecule has 1 atom stereocenters. The van der Waals surface area contributed by atoms with Gasteiger partial charge in [0.1, 0.15) is 0 Å². The molecule has 1 unspecified atom stereocenters. The molecular formula is C16H24N4. The van der Waals surface area contributed by atoms with Gasteiger partial charge in [-0.05, 0) is 44.5 Å². The Kier molecular flexibility index (Phi) is 5.30. The highest BCUT2D eigenvalue weighted by molar-refractivity contribution is 5.10. The van der Waals surface area contributed by atoms with E-state index in [2.05, 4.69) is 40.5 Å². The minimum Gasteiger partial charge on any atom is -0.314 e. The standard InChI is InChI=1S/C16H24N4/c1-4-17-15(9-8-14-7-5-6-10-18-14)12-16-11-13(2)19-20(16)3/h5-7,10-11,15,17H,4,8-9,12H2,1-3H3. The van der Waals surface area contributed by atoms with Gasteiger partial charge in [-0.1, -0.05) is 13.0 Å². The molecule has 0 bridgehead atoms. The van der Waals surface area contributed by atoms with Crippen LogP contribution in [0.25, 0.3) is 0 Å². The van der Waals surface area contributed by atoms with Crippen molar-refractivity contribution in [3.63, 3.8) is 0 Å². The van der Waals surface area contributed by atoms with Crippen LogP contribution in [-0.4, -0.2) is 27.4 Å². The van der Waals surface area contributed by atoms with Gasteiger partial charge in [0.2, 0.25) is 0 Å². The third kappa shape index (κ3) is 4.17. The zero-order valence-corrected chi connectivity index (χ0v) is 12.6. The molecule has 0 aliphatic carbocycles. The molecule has 2 aromatic rings. The molecule has 4 nitrogen and oxygen atoms in total. The van der Waals surface area contributed by atoms with Crippen molar-refractivity contribution < 1.29 is 0 Å².